The summed E-state index contributed by atoms with van der Waals surface area (Å²) in [5.74, 6) is -0.254. The van der Waals surface area contributed by atoms with Crippen LogP contribution in [0.1, 0.15) is 31.2 Å². The zero-order valence-electron chi connectivity index (χ0n) is 11.2. The fraction of sp³-hybridized carbons (Fsp3) is 0.500. The highest BCUT2D eigenvalue weighted by molar-refractivity contribution is 6.30. The van der Waals surface area contributed by atoms with Gasteiger partial charge in [0.25, 0.3) is 0 Å². The number of oxime groups is 1. The van der Waals surface area contributed by atoms with E-state index in [4.69, 9.17) is 22.5 Å². The van der Waals surface area contributed by atoms with E-state index in [9.17, 15) is 4.39 Å². The molecule has 1 aromatic rings. The van der Waals surface area contributed by atoms with Crippen LogP contribution in [0.5, 0.6) is 0 Å². The van der Waals surface area contributed by atoms with Crippen molar-refractivity contribution in [2.45, 2.75) is 38.3 Å². The van der Waals surface area contributed by atoms with Crippen LogP contribution in [0.25, 0.3) is 0 Å². The molecule has 0 radical (unpaired) electrons. The van der Waals surface area contributed by atoms with Gasteiger partial charge in [-0.2, -0.15) is 0 Å². The average molecular weight is 300 g/mol. The first-order valence-corrected chi connectivity index (χ1v) is 7.13. The molecule has 0 amide bonds. The van der Waals surface area contributed by atoms with Gasteiger partial charge in [0.2, 0.25) is 0 Å². The lowest BCUT2D eigenvalue weighted by atomic mass is 10.1. The Morgan fingerprint density at radius 1 is 1.45 bits per heavy atom. The zero-order chi connectivity index (χ0) is 14.5. The lowest BCUT2D eigenvalue weighted by molar-refractivity contribution is 0.211. The van der Waals surface area contributed by atoms with Crippen molar-refractivity contribution >= 4 is 17.4 Å². The topological polar surface area (TPSA) is 61.8 Å². The maximum atomic E-state index is 14.0. The molecule has 4 nitrogen and oxygen atoms in total. The molecule has 1 aliphatic rings. The second kappa shape index (κ2) is 6.90. The Labute approximate surface area is 123 Å². The number of halogens is 2. The molecule has 0 atom stereocenters. The van der Waals surface area contributed by atoms with Crippen molar-refractivity contribution in [1.29, 1.82) is 0 Å². The Bertz CT molecular complexity index is 489. The highest BCUT2D eigenvalue weighted by Crippen LogP contribution is 2.26. The summed E-state index contributed by atoms with van der Waals surface area (Å²) in [6.07, 6.45) is 4.44. The van der Waals surface area contributed by atoms with E-state index in [1.165, 1.54) is 6.07 Å². The number of benzene rings is 1. The Morgan fingerprint density at radius 3 is 2.80 bits per heavy atom. The van der Waals surface area contributed by atoms with Crippen molar-refractivity contribution in [3.05, 3.63) is 34.6 Å². The van der Waals surface area contributed by atoms with Crippen molar-refractivity contribution in [2.75, 3.05) is 6.54 Å². The summed E-state index contributed by atoms with van der Waals surface area (Å²) < 4.78 is 14.0. The molecule has 0 heterocycles. The first-order valence-electron chi connectivity index (χ1n) is 6.75. The number of nitrogens with two attached hydrogens (primary N) is 1. The Morgan fingerprint density at radius 2 is 2.15 bits per heavy atom. The standard InChI is InChI=1S/C14H19ClFN3O/c15-12-7-3-4-10(14(12)16)8-19(9-13(17)18-20)11-5-1-2-6-11/h3-4,7,11,20H,1-2,5-6,8-9H2,(H2,17,18). The van der Waals surface area contributed by atoms with Gasteiger partial charge >= 0.3 is 0 Å². The second-order valence-electron chi connectivity index (χ2n) is 5.15. The van der Waals surface area contributed by atoms with Gasteiger partial charge in [-0.3, -0.25) is 4.90 Å². The number of hydrogen-bond donors (Lipinski definition) is 2. The van der Waals surface area contributed by atoms with Gasteiger partial charge in [0.15, 0.2) is 5.84 Å². The van der Waals surface area contributed by atoms with E-state index in [-0.39, 0.29) is 10.9 Å². The van der Waals surface area contributed by atoms with Crippen molar-refractivity contribution in [3.63, 3.8) is 0 Å². The molecular weight excluding hydrogens is 281 g/mol. The number of amidine groups is 1. The van der Waals surface area contributed by atoms with E-state index in [0.717, 1.165) is 25.7 Å². The van der Waals surface area contributed by atoms with Gasteiger partial charge in [-0.1, -0.05) is 41.7 Å². The lowest BCUT2D eigenvalue weighted by Gasteiger charge is -2.28. The molecule has 1 saturated carbocycles. The van der Waals surface area contributed by atoms with Crippen LogP contribution in [0.4, 0.5) is 4.39 Å². The lowest BCUT2D eigenvalue weighted by Crippen LogP contribution is -2.39. The van der Waals surface area contributed by atoms with Crippen LogP contribution < -0.4 is 5.73 Å². The van der Waals surface area contributed by atoms with Crippen LogP contribution in [-0.4, -0.2) is 28.5 Å². The second-order valence-corrected chi connectivity index (χ2v) is 5.55. The van der Waals surface area contributed by atoms with E-state index in [2.05, 4.69) is 10.1 Å². The Balaban J connectivity index is 2.16. The summed E-state index contributed by atoms with van der Waals surface area (Å²) in [6, 6.07) is 5.32. The third-order valence-electron chi connectivity index (χ3n) is 3.74. The monoisotopic (exact) mass is 299 g/mol. The molecule has 0 aromatic heterocycles. The Kier molecular flexibility index (Phi) is 5.20. The highest BCUT2D eigenvalue weighted by atomic mass is 35.5. The molecule has 0 saturated heterocycles. The Hall–Kier alpha value is -1.33. The maximum absolute atomic E-state index is 14.0. The number of hydrogen-bond acceptors (Lipinski definition) is 3. The summed E-state index contributed by atoms with van der Waals surface area (Å²) in [6.45, 7) is 0.737. The van der Waals surface area contributed by atoms with Gasteiger partial charge in [0.1, 0.15) is 5.82 Å². The molecule has 1 fully saturated rings. The molecule has 110 valence electrons. The van der Waals surface area contributed by atoms with Crippen LogP contribution in [0.2, 0.25) is 5.02 Å². The summed E-state index contributed by atoms with van der Waals surface area (Å²) in [7, 11) is 0. The van der Waals surface area contributed by atoms with Crippen LogP contribution in [0.3, 0.4) is 0 Å². The minimum Gasteiger partial charge on any atom is -0.409 e. The molecule has 1 aliphatic carbocycles. The number of rotatable bonds is 5. The van der Waals surface area contributed by atoms with Gasteiger partial charge in [0.05, 0.1) is 11.6 Å². The largest absolute Gasteiger partial charge is 0.409 e. The van der Waals surface area contributed by atoms with Gasteiger partial charge in [-0.05, 0) is 18.9 Å². The SMILES string of the molecule is N/C(CN(Cc1cccc(Cl)c1F)C1CCCC1)=N/O. The summed E-state index contributed by atoms with van der Waals surface area (Å²) in [5, 5.41) is 11.9. The minimum absolute atomic E-state index is 0.123. The predicted molar refractivity (Wildman–Crippen MR) is 77.5 cm³/mol. The van der Waals surface area contributed by atoms with Crippen molar-refractivity contribution < 1.29 is 9.60 Å². The van der Waals surface area contributed by atoms with Gasteiger partial charge < -0.3 is 10.9 Å². The van der Waals surface area contributed by atoms with Crippen molar-refractivity contribution in [1.82, 2.24) is 4.90 Å². The first-order chi connectivity index (χ1) is 9.61. The summed E-state index contributed by atoms with van der Waals surface area (Å²) in [5.41, 5.74) is 6.14. The summed E-state index contributed by atoms with van der Waals surface area (Å²) >= 11 is 5.81. The molecule has 0 spiro atoms. The van der Waals surface area contributed by atoms with Gasteiger partial charge in [0, 0.05) is 18.2 Å². The van der Waals surface area contributed by atoms with Crippen LogP contribution in [0.15, 0.2) is 23.4 Å². The smallest absolute Gasteiger partial charge is 0.153 e. The molecular formula is C14H19ClFN3O. The highest BCUT2D eigenvalue weighted by Gasteiger charge is 2.24. The van der Waals surface area contributed by atoms with Crippen molar-refractivity contribution in [2.24, 2.45) is 10.9 Å². The van der Waals surface area contributed by atoms with E-state index in [0.29, 0.717) is 24.7 Å². The first kappa shape index (κ1) is 15.1. The molecule has 1 aromatic carbocycles. The maximum Gasteiger partial charge on any atom is 0.153 e. The van der Waals surface area contributed by atoms with Gasteiger partial charge in [-0.25, -0.2) is 4.39 Å². The molecule has 3 N–H and O–H groups in total. The van der Waals surface area contributed by atoms with E-state index < -0.39 is 5.82 Å². The molecule has 0 bridgehead atoms. The van der Waals surface area contributed by atoms with E-state index >= 15 is 0 Å². The average Bonchev–Trinajstić information content (AvgIpc) is 2.96. The minimum atomic E-state index is -0.392. The molecule has 2 rings (SSSR count). The zero-order valence-corrected chi connectivity index (χ0v) is 12.0. The van der Waals surface area contributed by atoms with Crippen molar-refractivity contribution in [3.8, 4) is 0 Å². The predicted octanol–water partition coefficient (Wildman–Crippen LogP) is 2.97. The quantitative estimate of drug-likeness (QED) is 0.380. The molecule has 0 aliphatic heterocycles. The number of nitrogens with zero attached hydrogens (tertiary/aromatic N) is 2. The van der Waals surface area contributed by atoms with Crippen LogP contribution >= 0.6 is 11.6 Å². The van der Waals surface area contributed by atoms with Crippen LogP contribution in [-0.2, 0) is 6.54 Å². The molecule has 6 heteroatoms. The van der Waals surface area contributed by atoms with Crippen LogP contribution in [0, 0.1) is 5.82 Å². The molecule has 0 unspecified atom stereocenters. The normalized spacial score (nSPS) is 17.1. The van der Waals surface area contributed by atoms with E-state index in [1.54, 1.807) is 12.1 Å². The fourth-order valence-corrected chi connectivity index (χ4v) is 2.91. The summed E-state index contributed by atoms with van der Waals surface area (Å²) in [4.78, 5) is 2.05. The third-order valence-corrected chi connectivity index (χ3v) is 4.03. The van der Waals surface area contributed by atoms with E-state index in [1.807, 2.05) is 0 Å². The van der Waals surface area contributed by atoms with Gasteiger partial charge in [-0.15, -0.1) is 0 Å². The third kappa shape index (κ3) is 3.61. The fourth-order valence-electron chi connectivity index (χ4n) is 2.71. The molecule has 20 heavy (non-hydrogen) atoms.